The lowest BCUT2D eigenvalue weighted by Gasteiger charge is -2.01. The third kappa shape index (κ3) is 1.50. The predicted octanol–water partition coefficient (Wildman–Crippen LogP) is 1.04. The number of ether oxygens (including phenoxy) is 1. The third-order valence-corrected chi connectivity index (χ3v) is 1.93. The van der Waals surface area contributed by atoms with E-state index < -0.39 is 0 Å². The molecule has 0 atom stereocenters. The summed E-state index contributed by atoms with van der Waals surface area (Å²) in [4.78, 5) is 4.09. The monoisotopic (exact) mass is 169 g/mol. The molecule has 0 aliphatic carbocycles. The molecule has 0 N–H and O–H groups in total. The zero-order valence-corrected chi connectivity index (χ0v) is 7.32. The molecular weight excluding hydrogens is 161 g/mol. The minimum absolute atomic E-state index is 0.622. The molecule has 0 aliphatic rings. The van der Waals surface area contributed by atoms with Crippen molar-refractivity contribution in [3.05, 3.63) is 30.5 Å². The van der Waals surface area contributed by atoms with Gasteiger partial charge in [-0.1, -0.05) is 23.7 Å². The van der Waals surface area contributed by atoms with Crippen LogP contribution >= 0.6 is 0 Å². The number of rotatable bonds is 1. The van der Waals surface area contributed by atoms with Crippen molar-refractivity contribution < 1.29 is 4.74 Å². The van der Waals surface area contributed by atoms with Gasteiger partial charge >= 0.3 is 0 Å². The minimum atomic E-state index is 0.622. The van der Waals surface area contributed by atoms with Crippen molar-refractivity contribution >= 4 is 24.1 Å². The van der Waals surface area contributed by atoms with E-state index in [0.29, 0.717) is 5.88 Å². The molecule has 2 aromatic rings. The van der Waals surface area contributed by atoms with E-state index in [1.807, 2.05) is 24.3 Å². The molecule has 1 heterocycles. The number of aromatic nitrogens is 1. The van der Waals surface area contributed by atoms with Gasteiger partial charge in [-0.2, -0.15) is 0 Å². The van der Waals surface area contributed by atoms with Crippen molar-refractivity contribution in [3.8, 4) is 5.88 Å². The molecule has 2 radical (unpaired) electrons. The second-order valence-corrected chi connectivity index (χ2v) is 2.83. The first-order valence-electron chi connectivity index (χ1n) is 3.99. The van der Waals surface area contributed by atoms with Gasteiger partial charge in [0, 0.05) is 12.3 Å². The summed E-state index contributed by atoms with van der Waals surface area (Å²) in [5.74, 6) is 0.622. The maximum absolute atomic E-state index is 5.64. The first-order chi connectivity index (χ1) is 6.29. The van der Waals surface area contributed by atoms with E-state index in [2.05, 4.69) is 4.98 Å². The van der Waals surface area contributed by atoms with Gasteiger partial charge in [0.2, 0.25) is 5.88 Å². The molecule has 62 valence electrons. The maximum Gasteiger partial charge on any atom is 0.213 e. The third-order valence-electron chi connectivity index (χ3n) is 1.93. The topological polar surface area (TPSA) is 22.1 Å². The minimum Gasteiger partial charge on any atom is -0.481 e. The molecule has 2 nitrogen and oxygen atoms in total. The zero-order chi connectivity index (χ0) is 9.26. The van der Waals surface area contributed by atoms with E-state index in [1.165, 1.54) is 0 Å². The van der Waals surface area contributed by atoms with Crippen molar-refractivity contribution in [3.63, 3.8) is 0 Å². The van der Waals surface area contributed by atoms with Crippen LogP contribution in [0, 0.1) is 0 Å². The lowest BCUT2D eigenvalue weighted by molar-refractivity contribution is 0.399. The molecule has 2 rings (SSSR count). The van der Waals surface area contributed by atoms with E-state index in [9.17, 15) is 0 Å². The van der Waals surface area contributed by atoms with Gasteiger partial charge in [-0.05, 0) is 10.8 Å². The van der Waals surface area contributed by atoms with Crippen molar-refractivity contribution in [2.75, 3.05) is 7.11 Å². The Bertz CT molecular complexity index is 442. The van der Waals surface area contributed by atoms with Gasteiger partial charge in [0.15, 0.2) is 0 Å². The average molecular weight is 169 g/mol. The lowest BCUT2D eigenvalue weighted by atomic mass is 9.94. The number of methoxy groups -OCH3 is 1. The Morgan fingerprint density at radius 3 is 2.85 bits per heavy atom. The van der Waals surface area contributed by atoms with E-state index in [4.69, 9.17) is 12.6 Å². The van der Waals surface area contributed by atoms with Crippen LogP contribution in [0.15, 0.2) is 30.5 Å². The van der Waals surface area contributed by atoms with E-state index in [1.54, 1.807) is 13.3 Å². The SMILES string of the molecule is [B]c1ccc2cc(OC)ncc2c1. The fourth-order valence-electron chi connectivity index (χ4n) is 1.25. The largest absolute Gasteiger partial charge is 0.481 e. The van der Waals surface area contributed by atoms with Crippen LogP contribution in [0.3, 0.4) is 0 Å². The van der Waals surface area contributed by atoms with Crippen LogP contribution < -0.4 is 10.2 Å². The first kappa shape index (κ1) is 8.11. The molecule has 0 amide bonds. The molecule has 1 aromatic heterocycles. The smallest absolute Gasteiger partial charge is 0.213 e. The average Bonchev–Trinajstić information content (AvgIpc) is 2.17. The summed E-state index contributed by atoms with van der Waals surface area (Å²) in [6, 6.07) is 7.59. The summed E-state index contributed by atoms with van der Waals surface area (Å²) in [6.07, 6.45) is 1.75. The Morgan fingerprint density at radius 2 is 2.08 bits per heavy atom. The molecule has 0 bridgehead atoms. The molecule has 0 unspecified atom stereocenters. The van der Waals surface area contributed by atoms with Gasteiger partial charge in [0.25, 0.3) is 0 Å². The Hall–Kier alpha value is -1.51. The summed E-state index contributed by atoms with van der Waals surface area (Å²) in [6.45, 7) is 0. The Kier molecular flexibility index (Phi) is 1.93. The molecular formula is C10H8BNO. The van der Waals surface area contributed by atoms with Crippen LogP contribution in [0.2, 0.25) is 0 Å². The fraction of sp³-hybridized carbons (Fsp3) is 0.100. The fourth-order valence-corrected chi connectivity index (χ4v) is 1.25. The summed E-state index contributed by atoms with van der Waals surface area (Å²) in [5.41, 5.74) is 0.750. The van der Waals surface area contributed by atoms with Crippen LogP contribution in [0.4, 0.5) is 0 Å². The van der Waals surface area contributed by atoms with Crippen LogP contribution in [-0.4, -0.2) is 19.9 Å². The molecule has 1 aromatic carbocycles. The van der Waals surface area contributed by atoms with Crippen molar-refractivity contribution in [2.24, 2.45) is 0 Å². The van der Waals surface area contributed by atoms with Crippen molar-refractivity contribution in [2.45, 2.75) is 0 Å². The van der Waals surface area contributed by atoms with E-state index >= 15 is 0 Å². The van der Waals surface area contributed by atoms with Crippen LogP contribution in [0.25, 0.3) is 10.8 Å². The van der Waals surface area contributed by atoms with E-state index in [-0.39, 0.29) is 0 Å². The number of nitrogens with zero attached hydrogens (tertiary/aromatic N) is 1. The lowest BCUT2D eigenvalue weighted by Crippen LogP contribution is -2.00. The second-order valence-electron chi connectivity index (χ2n) is 2.83. The Labute approximate surface area is 78.0 Å². The Morgan fingerprint density at radius 1 is 1.23 bits per heavy atom. The molecule has 0 aliphatic heterocycles. The molecule has 0 fully saturated rings. The van der Waals surface area contributed by atoms with Gasteiger partial charge in [-0.25, -0.2) is 4.98 Å². The first-order valence-corrected chi connectivity index (χ1v) is 3.99. The number of benzene rings is 1. The van der Waals surface area contributed by atoms with Crippen molar-refractivity contribution in [1.29, 1.82) is 0 Å². The molecule has 0 saturated heterocycles. The number of fused-ring (bicyclic) bond motifs is 1. The number of hydrogen-bond acceptors (Lipinski definition) is 2. The summed E-state index contributed by atoms with van der Waals surface area (Å²) in [5, 5.41) is 2.11. The van der Waals surface area contributed by atoms with Crippen LogP contribution in [-0.2, 0) is 0 Å². The van der Waals surface area contributed by atoms with Crippen LogP contribution in [0.1, 0.15) is 0 Å². The summed E-state index contributed by atoms with van der Waals surface area (Å²) < 4.78 is 5.01. The molecule has 3 heteroatoms. The van der Waals surface area contributed by atoms with Crippen LogP contribution in [0.5, 0.6) is 5.88 Å². The molecule has 0 saturated carbocycles. The zero-order valence-electron chi connectivity index (χ0n) is 7.32. The highest BCUT2D eigenvalue weighted by molar-refractivity contribution is 6.33. The normalized spacial score (nSPS) is 10.2. The highest BCUT2D eigenvalue weighted by Gasteiger charge is 1.96. The highest BCUT2D eigenvalue weighted by atomic mass is 16.5. The predicted molar refractivity (Wildman–Crippen MR) is 53.7 cm³/mol. The van der Waals surface area contributed by atoms with Gasteiger partial charge in [0.1, 0.15) is 7.85 Å². The van der Waals surface area contributed by atoms with Gasteiger partial charge < -0.3 is 4.74 Å². The second kappa shape index (κ2) is 3.09. The van der Waals surface area contributed by atoms with Gasteiger partial charge in [0.05, 0.1) is 7.11 Å². The summed E-state index contributed by atoms with van der Waals surface area (Å²) in [7, 11) is 7.24. The Balaban J connectivity index is 2.66. The number of hydrogen-bond donors (Lipinski definition) is 0. The summed E-state index contributed by atoms with van der Waals surface area (Å²) >= 11 is 0. The quantitative estimate of drug-likeness (QED) is 0.595. The van der Waals surface area contributed by atoms with E-state index in [0.717, 1.165) is 16.2 Å². The molecule has 0 spiro atoms. The maximum atomic E-state index is 5.64. The highest BCUT2D eigenvalue weighted by Crippen LogP contribution is 2.15. The standard InChI is InChI=1S/C10H8BNO/c1-13-10-5-7-2-3-9(11)4-8(7)6-12-10/h2-6H,1H3. The van der Waals surface area contributed by atoms with Crippen molar-refractivity contribution in [1.82, 2.24) is 4.98 Å². The van der Waals surface area contributed by atoms with Gasteiger partial charge in [-0.15, -0.1) is 0 Å². The van der Waals surface area contributed by atoms with Gasteiger partial charge in [-0.3, -0.25) is 0 Å². The molecule has 13 heavy (non-hydrogen) atoms. The number of pyridine rings is 1.